The van der Waals surface area contributed by atoms with Crippen molar-refractivity contribution in [1.82, 2.24) is 10.2 Å². The number of rotatable bonds is 7. The number of thioether (sulfide) groups is 1. The van der Waals surface area contributed by atoms with Gasteiger partial charge in [0.1, 0.15) is 17.5 Å². The van der Waals surface area contributed by atoms with Gasteiger partial charge >= 0.3 is 0 Å². The fraction of sp³-hybridized carbons (Fsp3) is 0.469. The van der Waals surface area contributed by atoms with E-state index in [2.05, 4.69) is 24.5 Å². The molecular weight excluding hydrogens is 541 g/mol. The zero-order valence-corrected chi connectivity index (χ0v) is 24.3. The Labute approximate surface area is 244 Å². The quantitative estimate of drug-likeness (QED) is 0.366. The lowest BCUT2D eigenvalue weighted by Gasteiger charge is -2.38. The first kappa shape index (κ1) is 28.0. The van der Waals surface area contributed by atoms with Gasteiger partial charge in [0.05, 0.1) is 17.9 Å². The van der Waals surface area contributed by atoms with Crippen molar-refractivity contribution in [2.45, 2.75) is 68.3 Å². The molecule has 0 aromatic heterocycles. The monoisotopic (exact) mass is 577 g/mol. The molecule has 9 heteroatoms. The van der Waals surface area contributed by atoms with Crippen molar-refractivity contribution in [1.29, 1.82) is 0 Å². The van der Waals surface area contributed by atoms with Crippen LogP contribution in [0.15, 0.2) is 65.6 Å². The summed E-state index contributed by atoms with van der Waals surface area (Å²) in [6.45, 7) is 4.25. The van der Waals surface area contributed by atoms with Gasteiger partial charge in [0.25, 0.3) is 0 Å². The van der Waals surface area contributed by atoms with Crippen LogP contribution in [0.1, 0.15) is 38.7 Å². The van der Waals surface area contributed by atoms with Crippen LogP contribution >= 0.6 is 11.8 Å². The number of carbonyl (C=O) groups excluding carboxylic acids is 3. The maximum atomic E-state index is 14.8. The minimum absolute atomic E-state index is 0.0301. The topological polar surface area (TPSA) is 87.7 Å². The van der Waals surface area contributed by atoms with Crippen molar-refractivity contribution in [2.75, 3.05) is 11.6 Å². The third kappa shape index (κ3) is 4.77. The molecule has 3 fully saturated rings. The standard InChI is InChI=1S/C32H36FN3O4S/c1-18-8-6-13-24(19(18)2)35-30(38)28-32-15-14-25(40-32)26(29(37)34-21-10-7-11-22(16-21)41-3)27(32)31(39)36(28)17-20-9-4-5-12-23(20)33/h4-5,7,9-12,14-16,18-19,24-28H,6,8,13,17H2,1-3H3,(H,34,37)(H,35,38)/t18?,19?,24?,25-,26?,27-,28?,32?/m0/s1. The van der Waals surface area contributed by atoms with Crippen LogP contribution in [0.25, 0.3) is 0 Å². The maximum Gasteiger partial charge on any atom is 0.246 e. The average molecular weight is 578 g/mol. The number of nitrogens with zero attached hydrogens (tertiary/aromatic N) is 1. The first-order valence-corrected chi connectivity index (χ1v) is 15.6. The van der Waals surface area contributed by atoms with Gasteiger partial charge in [-0.15, -0.1) is 11.8 Å². The summed E-state index contributed by atoms with van der Waals surface area (Å²) >= 11 is 1.57. The van der Waals surface area contributed by atoms with E-state index < -0.39 is 35.4 Å². The summed E-state index contributed by atoms with van der Waals surface area (Å²) in [7, 11) is 0. The molecule has 1 saturated carbocycles. The lowest BCUT2D eigenvalue weighted by atomic mass is 9.73. The van der Waals surface area contributed by atoms with Crippen LogP contribution < -0.4 is 10.6 Å². The molecule has 3 amide bonds. The number of amides is 3. The smallest absolute Gasteiger partial charge is 0.246 e. The molecule has 2 aromatic rings. The van der Waals surface area contributed by atoms with E-state index in [1.807, 2.05) is 24.5 Å². The van der Waals surface area contributed by atoms with Gasteiger partial charge in [0.15, 0.2) is 0 Å². The molecule has 216 valence electrons. The van der Waals surface area contributed by atoms with Gasteiger partial charge in [-0.05, 0) is 48.8 Å². The summed E-state index contributed by atoms with van der Waals surface area (Å²) in [5.74, 6) is -2.44. The Balaban J connectivity index is 1.33. The molecule has 3 aliphatic heterocycles. The molecule has 2 bridgehead atoms. The second-order valence-electron chi connectivity index (χ2n) is 11.9. The molecule has 41 heavy (non-hydrogen) atoms. The molecule has 6 unspecified atom stereocenters. The molecule has 1 aliphatic carbocycles. The first-order valence-electron chi connectivity index (χ1n) is 14.4. The number of anilines is 1. The second-order valence-corrected chi connectivity index (χ2v) is 12.7. The third-order valence-corrected chi connectivity index (χ3v) is 10.3. The predicted molar refractivity (Wildman–Crippen MR) is 155 cm³/mol. The zero-order chi connectivity index (χ0) is 28.9. The van der Waals surface area contributed by atoms with E-state index in [4.69, 9.17) is 4.74 Å². The van der Waals surface area contributed by atoms with Gasteiger partial charge in [-0.3, -0.25) is 14.4 Å². The van der Waals surface area contributed by atoms with E-state index in [1.165, 1.54) is 11.0 Å². The number of nitrogens with one attached hydrogen (secondary N) is 2. The SMILES string of the molecule is CSc1cccc(NC(=O)C2[C@@H]3C=CC4(O3)C(C(=O)NC3CCCC(C)C3C)N(Cc3ccccc3F)C(=O)[C@H]24)c1. The second kappa shape index (κ2) is 10.9. The van der Waals surface area contributed by atoms with E-state index in [0.29, 0.717) is 17.2 Å². The van der Waals surface area contributed by atoms with E-state index in [-0.39, 0.29) is 36.2 Å². The van der Waals surface area contributed by atoms with Crippen molar-refractivity contribution < 1.29 is 23.5 Å². The fourth-order valence-electron chi connectivity index (χ4n) is 7.22. The van der Waals surface area contributed by atoms with E-state index in [0.717, 1.165) is 24.2 Å². The van der Waals surface area contributed by atoms with Crippen LogP contribution in [0, 0.1) is 29.5 Å². The number of hydrogen-bond donors (Lipinski definition) is 2. The van der Waals surface area contributed by atoms with Gasteiger partial charge in [-0.25, -0.2) is 4.39 Å². The molecule has 2 saturated heterocycles. The number of likely N-dealkylation sites (tertiary alicyclic amines) is 1. The number of hydrogen-bond acceptors (Lipinski definition) is 5. The molecule has 6 rings (SSSR count). The van der Waals surface area contributed by atoms with Gasteiger partial charge in [0, 0.05) is 28.7 Å². The van der Waals surface area contributed by atoms with Crippen LogP contribution in [-0.4, -0.2) is 52.7 Å². The largest absolute Gasteiger partial charge is 0.359 e. The van der Waals surface area contributed by atoms with Crippen LogP contribution in [-0.2, 0) is 25.7 Å². The minimum Gasteiger partial charge on any atom is -0.359 e. The Morgan fingerprint density at radius 2 is 1.93 bits per heavy atom. The highest BCUT2D eigenvalue weighted by Gasteiger charge is 2.72. The van der Waals surface area contributed by atoms with Gasteiger partial charge < -0.3 is 20.3 Å². The summed E-state index contributed by atoms with van der Waals surface area (Å²) in [4.78, 5) is 44.5. The van der Waals surface area contributed by atoms with Crippen LogP contribution in [0.2, 0.25) is 0 Å². The molecule has 2 aromatic carbocycles. The number of benzene rings is 2. The number of ether oxygens (including phenoxy) is 1. The fourth-order valence-corrected chi connectivity index (χ4v) is 7.68. The average Bonchev–Trinajstić information content (AvgIpc) is 3.60. The minimum atomic E-state index is -1.30. The van der Waals surface area contributed by atoms with Crippen molar-refractivity contribution in [3.63, 3.8) is 0 Å². The van der Waals surface area contributed by atoms with E-state index in [9.17, 15) is 18.8 Å². The van der Waals surface area contributed by atoms with E-state index >= 15 is 0 Å². The lowest BCUT2D eigenvalue weighted by Crippen LogP contribution is -2.57. The Hall–Kier alpha value is -3.17. The molecule has 2 N–H and O–H groups in total. The zero-order valence-electron chi connectivity index (χ0n) is 23.5. The van der Waals surface area contributed by atoms with Crippen LogP contribution in [0.3, 0.4) is 0 Å². The number of halogens is 1. The highest BCUT2D eigenvalue weighted by atomic mass is 32.2. The van der Waals surface area contributed by atoms with Gasteiger partial charge in [-0.2, -0.15) is 0 Å². The first-order chi connectivity index (χ1) is 19.7. The molecule has 0 radical (unpaired) electrons. The lowest BCUT2D eigenvalue weighted by molar-refractivity contribution is -0.142. The third-order valence-electron chi connectivity index (χ3n) is 9.60. The van der Waals surface area contributed by atoms with E-state index in [1.54, 1.807) is 48.2 Å². The Bertz CT molecular complexity index is 1400. The van der Waals surface area contributed by atoms with Crippen molar-refractivity contribution in [3.8, 4) is 0 Å². The summed E-state index contributed by atoms with van der Waals surface area (Å²) in [5, 5.41) is 6.21. The van der Waals surface area contributed by atoms with Crippen LogP contribution in [0.5, 0.6) is 0 Å². The summed E-state index contributed by atoms with van der Waals surface area (Å²) in [5.41, 5.74) is -0.363. The normalized spacial score (nSPS) is 33.6. The summed E-state index contributed by atoms with van der Waals surface area (Å²) in [6.07, 6.45) is 7.91. The molecule has 3 heterocycles. The Morgan fingerprint density at radius 3 is 2.71 bits per heavy atom. The van der Waals surface area contributed by atoms with Gasteiger partial charge in [0.2, 0.25) is 17.7 Å². The highest BCUT2D eigenvalue weighted by Crippen LogP contribution is 2.55. The van der Waals surface area contributed by atoms with Crippen molar-refractivity contribution >= 4 is 35.2 Å². The Kier molecular flexibility index (Phi) is 7.44. The molecule has 8 atom stereocenters. The van der Waals surface area contributed by atoms with Crippen molar-refractivity contribution in [3.05, 3.63) is 72.1 Å². The summed E-state index contributed by atoms with van der Waals surface area (Å²) in [6, 6.07) is 12.7. The van der Waals surface area contributed by atoms with Gasteiger partial charge in [-0.1, -0.05) is 63.1 Å². The molecule has 7 nitrogen and oxygen atoms in total. The molecule has 1 spiro atoms. The predicted octanol–water partition coefficient (Wildman–Crippen LogP) is 4.78. The van der Waals surface area contributed by atoms with Crippen LogP contribution in [0.4, 0.5) is 10.1 Å². The number of carbonyl (C=O) groups is 3. The molecular formula is C32H36FN3O4S. The van der Waals surface area contributed by atoms with Crippen molar-refractivity contribution in [2.24, 2.45) is 23.7 Å². The molecule has 4 aliphatic rings. The summed E-state index contributed by atoms with van der Waals surface area (Å²) < 4.78 is 21.2. The highest BCUT2D eigenvalue weighted by molar-refractivity contribution is 7.98. The number of fused-ring (bicyclic) bond motifs is 1. The Morgan fingerprint density at radius 1 is 1.12 bits per heavy atom. The maximum absolute atomic E-state index is 14.8.